The molecule has 20 heavy (non-hydrogen) atoms. The highest BCUT2D eigenvalue weighted by Crippen LogP contribution is 2.09. The average Bonchev–Trinajstić information content (AvgIpc) is 2.97. The summed E-state index contributed by atoms with van der Waals surface area (Å²) in [5, 5.41) is 6.01. The lowest BCUT2D eigenvalue weighted by Crippen LogP contribution is -2.50. The van der Waals surface area contributed by atoms with Crippen LogP contribution in [0.1, 0.15) is 12.0 Å². The number of nitrogens with two attached hydrogens (primary N) is 1. The van der Waals surface area contributed by atoms with E-state index in [1.165, 1.54) is 4.90 Å². The molecule has 2 rings (SSSR count). The summed E-state index contributed by atoms with van der Waals surface area (Å²) >= 11 is 0. The smallest absolute Gasteiger partial charge is 0.318 e. The molecular formula is C14H20N4O2. The van der Waals surface area contributed by atoms with Crippen LogP contribution in [-0.4, -0.2) is 42.5 Å². The maximum atomic E-state index is 12.2. The topological polar surface area (TPSA) is 87.5 Å². The zero-order valence-corrected chi connectivity index (χ0v) is 11.3. The SMILES string of the molecule is NC(=O)CN(C(=O)NCc1ccccc1)C1CCNC1. The first-order valence-corrected chi connectivity index (χ1v) is 6.74. The number of amides is 3. The summed E-state index contributed by atoms with van der Waals surface area (Å²) in [6, 6.07) is 9.42. The second-order valence-corrected chi connectivity index (χ2v) is 4.89. The maximum absolute atomic E-state index is 12.2. The minimum Gasteiger partial charge on any atom is -0.368 e. The second-order valence-electron chi connectivity index (χ2n) is 4.89. The molecule has 1 aliphatic rings. The van der Waals surface area contributed by atoms with Crippen molar-refractivity contribution in [2.45, 2.75) is 19.0 Å². The van der Waals surface area contributed by atoms with Crippen LogP contribution in [0.25, 0.3) is 0 Å². The summed E-state index contributed by atoms with van der Waals surface area (Å²) < 4.78 is 0. The number of carbonyl (C=O) groups excluding carboxylic acids is 2. The van der Waals surface area contributed by atoms with Crippen molar-refractivity contribution in [3.8, 4) is 0 Å². The van der Waals surface area contributed by atoms with Gasteiger partial charge in [-0.25, -0.2) is 4.79 Å². The van der Waals surface area contributed by atoms with E-state index in [1.54, 1.807) is 0 Å². The van der Waals surface area contributed by atoms with E-state index in [0.717, 1.165) is 18.5 Å². The monoisotopic (exact) mass is 276 g/mol. The molecule has 0 aromatic heterocycles. The predicted octanol–water partition coefficient (Wildman–Crippen LogP) is 0.0454. The molecule has 0 radical (unpaired) electrons. The molecule has 0 spiro atoms. The van der Waals surface area contributed by atoms with Gasteiger partial charge in [-0.15, -0.1) is 0 Å². The Hall–Kier alpha value is -2.08. The van der Waals surface area contributed by atoms with Gasteiger partial charge in [0.2, 0.25) is 5.91 Å². The van der Waals surface area contributed by atoms with E-state index in [4.69, 9.17) is 5.73 Å². The zero-order valence-electron chi connectivity index (χ0n) is 11.3. The minimum atomic E-state index is -0.494. The fraction of sp³-hybridized carbons (Fsp3) is 0.429. The standard InChI is InChI=1S/C14H20N4O2/c15-13(19)10-18(12-6-7-16-9-12)14(20)17-8-11-4-2-1-3-5-11/h1-5,12,16H,6-10H2,(H2,15,19)(H,17,20). The van der Waals surface area contributed by atoms with E-state index in [9.17, 15) is 9.59 Å². The first-order valence-electron chi connectivity index (χ1n) is 6.74. The summed E-state index contributed by atoms with van der Waals surface area (Å²) in [6.07, 6.45) is 0.839. The Labute approximate surface area is 118 Å². The summed E-state index contributed by atoms with van der Waals surface area (Å²) in [7, 11) is 0. The minimum absolute atomic E-state index is 0.0262. The highest BCUT2D eigenvalue weighted by Gasteiger charge is 2.27. The third-order valence-corrected chi connectivity index (χ3v) is 3.35. The van der Waals surface area contributed by atoms with Crippen LogP contribution >= 0.6 is 0 Å². The Bertz CT molecular complexity index is 458. The van der Waals surface area contributed by atoms with Gasteiger partial charge in [0.1, 0.15) is 6.54 Å². The zero-order chi connectivity index (χ0) is 14.4. The predicted molar refractivity (Wildman–Crippen MR) is 75.9 cm³/mol. The van der Waals surface area contributed by atoms with Crippen LogP contribution in [0, 0.1) is 0 Å². The molecule has 0 aliphatic carbocycles. The Kier molecular flexibility index (Phi) is 4.95. The number of hydrogen-bond acceptors (Lipinski definition) is 3. The molecule has 1 aromatic rings. The number of hydrogen-bond donors (Lipinski definition) is 3. The molecule has 1 heterocycles. The van der Waals surface area contributed by atoms with E-state index in [1.807, 2.05) is 30.3 Å². The number of benzene rings is 1. The Morgan fingerprint density at radius 2 is 2.10 bits per heavy atom. The molecule has 0 saturated carbocycles. The first-order chi connectivity index (χ1) is 9.66. The van der Waals surface area contributed by atoms with Crippen LogP contribution < -0.4 is 16.4 Å². The Morgan fingerprint density at radius 3 is 2.70 bits per heavy atom. The number of nitrogens with one attached hydrogen (secondary N) is 2. The maximum Gasteiger partial charge on any atom is 0.318 e. The molecule has 1 unspecified atom stereocenters. The lowest BCUT2D eigenvalue weighted by atomic mass is 10.2. The van der Waals surface area contributed by atoms with Gasteiger partial charge in [0.05, 0.1) is 0 Å². The van der Waals surface area contributed by atoms with E-state index in [-0.39, 0.29) is 18.6 Å². The molecular weight excluding hydrogens is 256 g/mol. The average molecular weight is 276 g/mol. The summed E-state index contributed by atoms with van der Waals surface area (Å²) in [5.41, 5.74) is 6.24. The number of primary amides is 1. The van der Waals surface area contributed by atoms with E-state index in [0.29, 0.717) is 13.1 Å². The molecule has 108 valence electrons. The summed E-state index contributed by atoms with van der Waals surface area (Å²) in [4.78, 5) is 24.9. The molecule has 1 aromatic carbocycles. The number of carbonyl (C=O) groups is 2. The van der Waals surface area contributed by atoms with Crippen LogP contribution in [0.4, 0.5) is 4.79 Å². The molecule has 1 aliphatic heterocycles. The van der Waals surface area contributed by atoms with E-state index >= 15 is 0 Å². The largest absolute Gasteiger partial charge is 0.368 e. The third-order valence-electron chi connectivity index (χ3n) is 3.35. The quantitative estimate of drug-likeness (QED) is 0.710. The van der Waals surface area contributed by atoms with Gasteiger partial charge in [-0.2, -0.15) is 0 Å². The molecule has 1 fully saturated rings. The molecule has 4 N–H and O–H groups in total. The number of rotatable bonds is 5. The number of urea groups is 1. The third kappa shape index (κ3) is 3.96. The first kappa shape index (κ1) is 14.3. The second kappa shape index (κ2) is 6.91. The van der Waals surface area contributed by atoms with Gasteiger partial charge < -0.3 is 21.3 Å². The normalized spacial score (nSPS) is 17.7. The van der Waals surface area contributed by atoms with E-state index in [2.05, 4.69) is 10.6 Å². The van der Waals surface area contributed by atoms with Crippen molar-refractivity contribution < 1.29 is 9.59 Å². The van der Waals surface area contributed by atoms with Crippen LogP contribution in [-0.2, 0) is 11.3 Å². The molecule has 3 amide bonds. The number of nitrogens with zero attached hydrogens (tertiary/aromatic N) is 1. The van der Waals surface area contributed by atoms with Crippen LogP contribution in [0.2, 0.25) is 0 Å². The Balaban J connectivity index is 1.93. The molecule has 6 nitrogen and oxygen atoms in total. The van der Waals surface area contributed by atoms with Gasteiger partial charge in [-0.1, -0.05) is 30.3 Å². The van der Waals surface area contributed by atoms with Gasteiger partial charge in [0, 0.05) is 19.1 Å². The highest BCUT2D eigenvalue weighted by atomic mass is 16.2. The van der Waals surface area contributed by atoms with Crippen molar-refractivity contribution in [1.29, 1.82) is 0 Å². The fourth-order valence-electron chi connectivity index (χ4n) is 2.32. The van der Waals surface area contributed by atoms with Crippen molar-refractivity contribution in [1.82, 2.24) is 15.5 Å². The van der Waals surface area contributed by atoms with Crippen molar-refractivity contribution in [3.63, 3.8) is 0 Å². The van der Waals surface area contributed by atoms with Gasteiger partial charge in [-0.3, -0.25) is 4.79 Å². The fourth-order valence-corrected chi connectivity index (χ4v) is 2.32. The summed E-state index contributed by atoms with van der Waals surface area (Å²) in [6.45, 7) is 1.94. The van der Waals surface area contributed by atoms with Crippen LogP contribution in [0.5, 0.6) is 0 Å². The highest BCUT2D eigenvalue weighted by molar-refractivity contribution is 5.83. The van der Waals surface area contributed by atoms with Crippen molar-refractivity contribution in [2.24, 2.45) is 5.73 Å². The van der Waals surface area contributed by atoms with Gasteiger partial charge >= 0.3 is 6.03 Å². The van der Waals surface area contributed by atoms with Gasteiger partial charge in [0.15, 0.2) is 0 Å². The lowest BCUT2D eigenvalue weighted by molar-refractivity contribution is -0.118. The lowest BCUT2D eigenvalue weighted by Gasteiger charge is -2.27. The van der Waals surface area contributed by atoms with Crippen LogP contribution in [0.15, 0.2) is 30.3 Å². The summed E-state index contributed by atoms with van der Waals surface area (Å²) in [5.74, 6) is -0.494. The van der Waals surface area contributed by atoms with Crippen molar-refractivity contribution >= 4 is 11.9 Å². The van der Waals surface area contributed by atoms with Crippen LogP contribution in [0.3, 0.4) is 0 Å². The van der Waals surface area contributed by atoms with Gasteiger partial charge in [-0.05, 0) is 18.5 Å². The molecule has 1 saturated heterocycles. The Morgan fingerprint density at radius 1 is 1.35 bits per heavy atom. The molecule has 1 atom stereocenters. The molecule has 0 bridgehead atoms. The van der Waals surface area contributed by atoms with Crippen molar-refractivity contribution in [3.05, 3.63) is 35.9 Å². The van der Waals surface area contributed by atoms with Gasteiger partial charge in [0.25, 0.3) is 0 Å². The molecule has 6 heteroatoms. The van der Waals surface area contributed by atoms with E-state index < -0.39 is 5.91 Å². The van der Waals surface area contributed by atoms with Crippen molar-refractivity contribution in [2.75, 3.05) is 19.6 Å².